The molecule has 21 heavy (non-hydrogen) atoms. The maximum atomic E-state index is 12.6. The van der Waals surface area contributed by atoms with Crippen LogP contribution in [0.1, 0.15) is 19.8 Å². The Labute approximate surface area is 123 Å². The number of urea groups is 1. The molecule has 0 aromatic carbocycles. The molecule has 0 radical (unpaired) electrons. The van der Waals surface area contributed by atoms with E-state index < -0.39 is 18.1 Å². The molecule has 2 N–H and O–H groups in total. The summed E-state index contributed by atoms with van der Waals surface area (Å²) in [4.78, 5) is 38.3. The van der Waals surface area contributed by atoms with Crippen molar-refractivity contribution >= 4 is 17.9 Å². The van der Waals surface area contributed by atoms with E-state index in [0.717, 1.165) is 0 Å². The van der Waals surface area contributed by atoms with Gasteiger partial charge in [0.1, 0.15) is 6.04 Å². The maximum absolute atomic E-state index is 12.6. The summed E-state index contributed by atoms with van der Waals surface area (Å²) in [5.41, 5.74) is 0. The fourth-order valence-electron chi connectivity index (χ4n) is 2.74. The Balaban J connectivity index is 2.01. The summed E-state index contributed by atoms with van der Waals surface area (Å²) in [5, 5.41) is 11.6. The summed E-state index contributed by atoms with van der Waals surface area (Å²) in [6, 6.07) is -0.664. The zero-order valence-corrected chi connectivity index (χ0v) is 12.1. The molecule has 2 fully saturated rings. The molecule has 0 aromatic rings. The van der Waals surface area contributed by atoms with E-state index in [-0.39, 0.29) is 24.9 Å². The number of rotatable bonds is 3. The van der Waals surface area contributed by atoms with Gasteiger partial charge in [0, 0.05) is 26.2 Å². The molecule has 2 unspecified atom stereocenters. The molecular formula is C13H21N3O5. The summed E-state index contributed by atoms with van der Waals surface area (Å²) < 4.78 is 5.36. The van der Waals surface area contributed by atoms with Crippen molar-refractivity contribution in [1.29, 1.82) is 0 Å². The van der Waals surface area contributed by atoms with E-state index in [9.17, 15) is 14.4 Å². The van der Waals surface area contributed by atoms with Crippen molar-refractivity contribution in [2.24, 2.45) is 0 Å². The van der Waals surface area contributed by atoms with Crippen LogP contribution in [0.25, 0.3) is 0 Å². The molecule has 0 bridgehead atoms. The Kier molecular flexibility index (Phi) is 5.00. The summed E-state index contributed by atoms with van der Waals surface area (Å²) in [5.74, 6) is -1.08. The Bertz CT molecular complexity index is 428. The molecule has 118 valence electrons. The van der Waals surface area contributed by atoms with Gasteiger partial charge in [-0.15, -0.1) is 0 Å². The number of piperazine rings is 1. The first-order chi connectivity index (χ1) is 10.0. The van der Waals surface area contributed by atoms with Gasteiger partial charge in [0.2, 0.25) is 5.91 Å². The van der Waals surface area contributed by atoms with E-state index in [2.05, 4.69) is 5.32 Å². The van der Waals surface area contributed by atoms with E-state index in [4.69, 9.17) is 9.84 Å². The number of morpholine rings is 1. The predicted octanol–water partition coefficient (Wildman–Crippen LogP) is -0.508. The summed E-state index contributed by atoms with van der Waals surface area (Å²) >= 11 is 0. The molecule has 2 heterocycles. The molecule has 8 nitrogen and oxygen atoms in total. The first-order valence-corrected chi connectivity index (χ1v) is 7.19. The van der Waals surface area contributed by atoms with Crippen LogP contribution in [0.3, 0.4) is 0 Å². The van der Waals surface area contributed by atoms with Crippen LogP contribution in [0.5, 0.6) is 0 Å². The molecule has 0 saturated carbocycles. The molecule has 3 amide bonds. The predicted molar refractivity (Wildman–Crippen MR) is 72.8 cm³/mol. The molecule has 0 aromatic heterocycles. The summed E-state index contributed by atoms with van der Waals surface area (Å²) in [6.07, 6.45) is -0.0547. The molecule has 8 heteroatoms. The molecule has 2 aliphatic heterocycles. The van der Waals surface area contributed by atoms with Gasteiger partial charge >= 0.3 is 12.0 Å². The van der Waals surface area contributed by atoms with Gasteiger partial charge in [0.15, 0.2) is 0 Å². The molecule has 0 aliphatic carbocycles. The monoisotopic (exact) mass is 299 g/mol. The molecule has 0 spiro atoms. The second kappa shape index (κ2) is 6.75. The lowest BCUT2D eigenvalue weighted by molar-refractivity contribution is -0.141. The summed E-state index contributed by atoms with van der Waals surface area (Å²) in [7, 11) is 0. The van der Waals surface area contributed by atoms with E-state index in [1.54, 1.807) is 9.80 Å². The first-order valence-electron chi connectivity index (χ1n) is 7.19. The minimum atomic E-state index is -0.946. The molecule has 2 saturated heterocycles. The zero-order chi connectivity index (χ0) is 15.4. The lowest BCUT2D eigenvalue weighted by atomic mass is 10.1. The van der Waals surface area contributed by atoms with Crippen molar-refractivity contribution in [3.8, 4) is 0 Å². The smallest absolute Gasteiger partial charge is 0.320 e. The fourth-order valence-corrected chi connectivity index (χ4v) is 2.74. The lowest BCUT2D eigenvalue weighted by Gasteiger charge is -2.40. The van der Waals surface area contributed by atoms with Crippen LogP contribution < -0.4 is 5.32 Å². The van der Waals surface area contributed by atoms with Crippen molar-refractivity contribution in [2.45, 2.75) is 31.9 Å². The van der Waals surface area contributed by atoms with Crippen LogP contribution >= 0.6 is 0 Å². The van der Waals surface area contributed by atoms with Crippen molar-refractivity contribution in [1.82, 2.24) is 15.1 Å². The van der Waals surface area contributed by atoms with Gasteiger partial charge in [-0.1, -0.05) is 6.92 Å². The topological polar surface area (TPSA) is 99.2 Å². The van der Waals surface area contributed by atoms with Crippen LogP contribution in [0.2, 0.25) is 0 Å². The minimum absolute atomic E-state index is 0.124. The molecular weight excluding hydrogens is 278 g/mol. The van der Waals surface area contributed by atoms with Crippen molar-refractivity contribution < 1.29 is 24.2 Å². The third-order valence-electron chi connectivity index (χ3n) is 3.77. The van der Waals surface area contributed by atoms with Gasteiger partial charge in [-0.2, -0.15) is 0 Å². The number of amides is 3. The van der Waals surface area contributed by atoms with Crippen molar-refractivity contribution in [3.63, 3.8) is 0 Å². The number of nitrogens with zero attached hydrogens (tertiary/aromatic N) is 2. The van der Waals surface area contributed by atoms with Gasteiger partial charge in [0.25, 0.3) is 0 Å². The second-order valence-corrected chi connectivity index (χ2v) is 5.23. The second-order valence-electron chi connectivity index (χ2n) is 5.23. The number of carboxylic acids is 1. The SMILES string of the molecule is CCC1C(=O)NCCN1C(=O)N1CCOC(CC(=O)O)C1. The molecule has 2 rings (SSSR count). The number of hydrogen-bond acceptors (Lipinski definition) is 4. The first kappa shape index (κ1) is 15.6. The standard InChI is InChI=1S/C13H21N3O5/c1-2-10-12(19)14-3-4-16(10)13(20)15-5-6-21-9(8-15)7-11(17)18/h9-10H,2-8H2,1H3,(H,14,19)(H,17,18). The zero-order valence-electron chi connectivity index (χ0n) is 12.1. The van der Waals surface area contributed by atoms with Gasteiger partial charge in [-0.3, -0.25) is 9.59 Å². The minimum Gasteiger partial charge on any atom is -0.481 e. The van der Waals surface area contributed by atoms with Crippen molar-refractivity contribution in [2.75, 3.05) is 32.8 Å². The van der Waals surface area contributed by atoms with Gasteiger partial charge in [0.05, 0.1) is 19.1 Å². The van der Waals surface area contributed by atoms with E-state index in [1.165, 1.54) is 0 Å². The quantitative estimate of drug-likeness (QED) is 0.731. The fraction of sp³-hybridized carbons (Fsp3) is 0.769. The highest BCUT2D eigenvalue weighted by atomic mass is 16.5. The van der Waals surface area contributed by atoms with Crippen LogP contribution in [0, 0.1) is 0 Å². The Morgan fingerprint density at radius 2 is 2.19 bits per heavy atom. The highest BCUT2D eigenvalue weighted by molar-refractivity contribution is 5.88. The average Bonchev–Trinajstić information content (AvgIpc) is 2.45. The van der Waals surface area contributed by atoms with Crippen molar-refractivity contribution in [3.05, 3.63) is 0 Å². The molecule has 2 aliphatic rings. The Morgan fingerprint density at radius 3 is 2.86 bits per heavy atom. The van der Waals surface area contributed by atoms with Crippen LogP contribution in [0.4, 0.5) is 4.79 Å². The van der Waals surface area contributed by atoms with Crippen LogP contribution in [-0.4, -0.2) is 77.7 Å². The highest BCUT2D eigenvalue weighted by Crippen LogP contribution is 2.15. The largest absolute Gasteiger partial charge is 0.481 e. The average molecular weight is 299 g/mol. The Hall–Kier alpha value is -1.83. The van der Waals surface area contributed by atoms with E-state index >= 15 is 0 Å². The number of aliphatic carboxylic acids is 1. The lowest BCUT2D eigenvalue weighted by Crippen LogP contribution is -2.61. The summed E-state index contributed by atoms with van der Waals surface area (Å²) in [6.45, 7) is 3.78. The maximum Gasteiger partial charge on any atom is 0.320 e. The van der Waals surface area contributed by atoms with Gasteiger partial charge in [-0.25, -0.2) is 4.79 Å². The van der Waals surface area contributed by atoms with Crippen LogP contribution in [-0.2, 0) is 14.3 Å². The van der Waals surface area contributed by atoms with Gasteiger partial charge in [-0.05, 0) is 6.42 Å². The Morgan fingerprint density at radius 1 is 1.43 bits per heavy atom. The number of carboxylic acid groups (broad SMARTS) is 1. The van der Waals surface area contributed by atoms with Gasteiger partial charge < -0.3 is 25.0 Å². The highest BCUT2D eigenvalue weighted by Gasteiger charge is 2.36. The number of carbonyl (C=O) groups is 3. The third kappa shape index (κ3) is 3.63. The number of carbonyl (C=O) groups excluding carboxylic acids is 2. The van der Waals surface area contributed by atoms with Crippen LogP contribution in [0.15, 0.2) is 0 Å². The number of ether oxygens (including phenoxy) is 1. The molecule has 2 atom stereocenters. The number of nitrogens with one attached hydrogen (secondary N) is 1. The van der Waals surface area contributed by atoms with E-state index in [1.807, 2.05) is 6.92 Å². The van der Waals surface area contributed by atoms with E-state index in [0.29, 0.717) is 32.7 Å². The third-order valence-corrected chi connectivity index (χ3v) is 3.77. The number of hydrogen-bond donors (Lipinski definition) is 2. The normalized spacial score (nSPS) is 26.4.